The second-order valence-electron chi connectivity index (χ2n) is 6.33. The third-order valence-electron chi connectivity index (χ3n) is 4.11. The third-order valence-corrected chi connectivity index (χ3v) is 4.11. The summed E-state index contributed by atoms with van der Waals surface area (Å²) < 4.78 is 1.75. The van der Waals surface area contributed by atoms with Gasteiger partial charge in [-0.1, -0.05) is 13.8 Å². The van der Waals surface area contributed by atoms with E-state index in [-0.39, 0.29) is 11.9 Å². The maximum absolute atomic E-state index is 11.6. The molecule has 0 unspecified atom stereocenters. The van der Waals surface area contributed by atoms with Crippen LogP contribution in [0.3, 0.4) is 0 Å². The molecule has 0 radical (unpaired) electrons. The Balaban J connectivity index is 2.38. The molecule has 1 fully saturated rings. The second-order valence-corrected chi connectivity index (χ2v) is 6.33. The van der Waals surface area contributed by atoms with Crippen LogP contribution >= 0.6 is 0 Å². The molecule has 2 rings (SSSR count). The fraction of sp³-hybridized carbons (Fsp3) is 0.667. The van der Waals surface area contributed by atoms with E-state index in [1.165, 1.54) is 6.92 Å². The molecule has 1 aliphatic rings. The molecule has 22 heavy (non-hydrogen) atoms. The van der Waals surface area contributed by atoms with Gasteiger partial charge in [-0.05, 0) is 31.2 Å². The molecule has 1 saturated heterocycles. The molecular formula is C15H24N4O3. The summed E-state index contributed by atoms with van der Waals surface area (Å²) >= 11 is 0. The van der Waals surface area contributed by atoms with Gasteiger partial charge in [0.2, 0.25) is 5.91 Å². The lowest BCUT2D eigenvalue weighted by atomic mass is 9.90. The Kier molecular flexibility index (Phi) is 4.85. The van der Waals surface area contributed by atoms with Crippen LogP contribution in [0.1, 0.15) is 40.0 Å². The molecule has 0 aromatic carbocycles. The topological polar surface area (TPSA) is 96.2 Å². The van der Waals surface area contributed by atoms with Gasteiger partial charge in [-0.25, -0.2) is 0 Å². The van der Waals surface area contributed by atoms with E-state index >= 15 is 0 Å². The monoisotopic (exact) mass is 308 g/mol. The lowest BCUT2D eigenvalue weighted by molar-refractivity contribution is -0.139. The third kappa shape index (κ3) is 3.30. The first-order valence-corrected chi connectivity index (χ1v) is 7.63. The van der Waals surface area contributed by atoms with E-state index in [4.69, 9.17) is 0 Å². The molecule has 0 spiro atoms. The van der Waals surface area contributed by atoms with Crippen molar-refractivity contribution in [3.05, 3.63) is 18.5 Å². The zero-order chi connectivity index (χ0) is 16.3. The van der Waals surface area contributed by atoms with Gasteiger partial charge in [0, 0.05) is 19.3 Å². The van der Waals surface area contributed by atoms with Crippen LogP contribution in [-0.4, -0.2) is 38.8 Å². The molecule has 2 heterocycles. The van der Waals surface area contributed by atoms with Gasteiger partial charge >= 0.3 is 5.97 Å². The predicted octanol–water partition coefficient (Wildman–Crippen LogP) is 0.923. The highest BCUT2D eigenvalue weighted by Gasteiger charge is 2.49. The van der Waals surface area contributed by atoms with Crippen molar-refractivity contribution in [1.29, 1.82) is 0 Å². The molecule has 3 N–H and O–H groups in total. The second kappa shape index (κ2) is 6.48. The summed E-state index contributed by atoms with van der Waals surface area (Å²) in [5, 5.41) is 19.8. The largest absolute Gasteiger partial charge is 0.480 e. The van der Waals surface area contributed by atoms with Crippen molar-refractivity contribution in [2.24, 2.45) is 5.92 Å². The first-order valence-electron chi connectivity index (χ1n) is 7.63. The number of amides is 1. The standard InChI is InChI=1S/C15H24N4O3/c1-10(2)9-13(17-11(3)20)15(19-8-4-7-16-19)6-5-12(18-15)14(21)22/h4,7-8,10,12-13,18H,5-6,9H2,1-3H3,(H,17,20)(H,21,22)/t12-,13+,15-/m1/s1. The number of nitrogens with zero attached hydrogens (tertiary/aromatic N) is 2. The van der Waals surface area contributed by atoms with Crippen LogP contribution < -0.4 is 10.6 Å². The highest BCUT2D eigenvalue weighted by Crippen LogP contribution is 2.34. The van der Waals surface area contributed by atoms with Gasteiger partial charge in [-0.2, -0.15) is 5.10 Å². The van der Waals surface area contributed by atoms with E-state index in [1.807, 2.05) is 6.20 Å². The summed E-state index contributed by atoms with van der Waals surface area (Å²) in [5.74, 6) is -0.645. The SMILES string of the molecule is CC(=O)N[C@@H](CC(C)C)[C@]1(n2cccn2)CC[C@H](C(=O)O)N1. The van der Waals surface area contributed by atoms with Crippen LogP contribution in [0.4, 0.5) is 0 Å². The molecule has 3 atom stereocenters. The molecule has 122 valence electrons. The smallest absolute Gasteiger partial charge is 0.320 e. The van der Waals surface area contributed by atoms with Crippen molar-refractivity contribution in [2.75, 3.05) is 0 Å². The minimum Gasteiger partial charge on any atom is -0.480 e. The molecule has 1 aromatic rings. The molecule has 1 aliphatic heterocycles. The van der Waals surface area contributed by atoms with Crippen LogP contribution in [0.25, 0.3) is 0 Å². The van der Waals surface area contributed by atoms with E-state index < -0.39 is 17.7 Å². The van der Waals surface area contributed by atoms with Crippen LogP contribution in [0.5, 0.6) is 0 Å². The normalized spacial score (nSPS) is 26.1. The lowest BCUT2D eigenvalue weighted by Crippen LogP contribution is -2.61. The maximum atomic E-state index is 11.6. The summed E-state index contributed by atoms with van der Waals surface area (Å²) in [6, 6.07) is 0.944. The van der Waals surface area contributed by atoms with E-state index in [0.29, 0.717) is 18.8 Å². The van der Waals surface area contributed by atoms with Gasteiger partial charge in [-0.15, -0.1) is 0 Å². The molecule has 1 amide bonds. The number of carboxylic acids is 1. The van der Waals surface area contributed by atoms with Gasteiger partial charge in [0.25, 0.3) is 0 Å². The van der Waals surface area contributed by atoms with Crippen molar-refractivity contribution in [3.63, 3.8) is 0 Å². The Labute approximate surface area is 130 Å². The van der Waals surface area contributed by atoms with Crippen LogP contribution in [-0.2, 0) is 15.3 Å². The zero-order valence-corrected chi connectivity index (χ0v) is 13.2. The first kappa shape index (κ1) is 16.5. The number of aromatic nitrogens is 2. The Morgan fingerprint density at radius 1 is 1.55 bits per heavy atom. The van der Waals surface area contributed by atoms with Crippen molar-refractivity contribution < 1.29 is 14.7 Å². The molecular weight excluding hydrogens is 284 g/mol. The molecule has 7 nitrogen and oxygen atoms in total. The zero-order valence-electron chi connectivity index (χ0n) is 13.2. The highest BCUT2D eigenvalue weighted by atomic mass is 16.4. The Morgan fingerprint density at radius 3 is 2.73 bits per heavy atom. The molecule has 0 aliphatic carbocycles. The van der Waals surface area contributed by atoms with Crippen molar-refractivity contribution >= 4 is 11.9 Å². The minimum absolute atomic E-state index is 0.127. The summed E-state index contributed by atoms with van der Waals surface area (Å²) in [4.78, 5) is 23.0. The van der Waals surface area contributed by atoms with Gasteiger partial charge in [0.05, 0.1) is 6.04 Å². The van der Waals surface area contributed by atoms with Gasteiger partial charge in [0.1, 0.15) is 11.7 Å². The molecule has 0 saturated carbocycles. The predicted molar refractivity (Wildman–Crippen MR) is 81.1 cm³/mol. The summed E-state index contributed by atoms with van der Waals surface area (Å²) in [7, 11) is 0. The average molecular weight is 308 g/mol. The molecule has 1 aromatic heterocycles. The fourth-order valence-corrected chi connectivity index (χ4v) is 3.21. The molecule has 0 bridgehead atoms. The number of hydrogen-bond donors (Lipinski definition) is 3. The van der Waals surface area contributed by atoms with E-state index in [0.717, 1.165) is 6.42 Å². The van der Waals surface area contributed by atoms with Gasteiger partial charge in [-0.3, -0.25) is 19.6 Å². The highest BCUT2D eigenvalue weighted by molar-refractivity contribution is 5.75. The number of aliphatic carboxylic acids is 1. The first-order chi connectivity index (χ1) is 10.3. The molecule has 7 heteroatoms. The Bertz CT molecular complexity index is 529. The van der Waals surface area contributed by atoms with E-state index in [9.17, 15) is 14.7 Å². The van der Waals surface area contributed by atoms with E-state index in [1.54, 1.807) is 16.9 Å². The van der Waals surface area contributed by atoms with Gasteiger partial charge < -0.3 is 10.4 Å². The van der Waals surface area contributed by atoms with Crippen LogP contribution in [0.15, 0.2) is 18.5 Å². The summed E-state index contributed by atoms with van der Waals surface area (Å²) in [6.45, 7) is 5.64. The average Bonchev–Trinajstić information content (AvgIpc) is 3.07. The lowest BCUT2D eigenvalue weighted by Gasteiger charge is -2.39. The number of carbonyl (C=O) groups excluding carboxylic acids is 1. The van der Waals surface area contributed by atoms with Crippen molar-refractivity contribution in [2.45, 2.75) is 57.8 Å². The van der Waals surface area contributed by atoms with E-state index in [2.05, 4.69) is 29.6 Å². The number of hydrogen-bond acceptors (Lipinski definition) is 4. The van der Waals surface area contributed by atoms with Gasteiger partial charge in [0.15, 0.2) is 0 Å². The fourth-order valence-electron chi connectivity index (χ4n) is 3.21. The number of carboxylic acid groups (broad SMARTS) is 1. The van der Waals surface area contributed by atoms with Crippen molar-refractivity contribution in [1.82, 2.24) is 20.4 Å². The minimum atomic E-state index is -0.875. The number of carbonyl (C=O) groups is 2. The maximum Gasteiger partial charge on any atom is 0.320 e. The van der Waals surface area contributed by atoms with Crippen molar-refractivity contribution in [3.8, 4) is 0 Å². The summed E-state index contributed by atoms with van der Waals surface area (Å²) in [5.41, 5.74) is -0.706. The summed E-state index contributed by atoms with van der Waals surface area (Å²) in [6.07, 6.45) is 5.32. The Morgan fingerprint density at radius 2 is 2.27 bits per heavy atom. The quantitative estimate of drug-likeness (QED) is 0.726. The number of nitrogens with one attached hydrogen (secondary N) is 2. The van der Waals surface area contributed by atoms with Crippen LogP contribution in [0, 0.1) is 5.92 Å². The Hall–Kier alpha value is -1.89. The van der Waals surface area contributed by atoms with Crippen LogP contribution in [0.2, 0.25) is 0 Å². The number of rotatable bonds is 6.